The van der Waals surface area contributed by atoms with Crippen molar-refractivity contribution in [1.29, 1.82) is 0 Å². The fourth-order valence-corrected chi connectivity index (χ4v) is 2.11. The van der Waals surface area contributed by atoms with Crippen LogP contribution in [0.1, 0.15) is 24.2 Å². The Morgan fingerprint density at radius 1 is 1.33 bits per heavy atom. The van der Waals surface area contributed by atoms with Crippen LogP contribution in [0.4, 0.5) is 4.39 Å². The van der Waals surface area contributed by atoms with Crippen LogP contribution in [-0.4, -0.2) is 43.3 Å². The van der Waals surface area contributed by atoms with E-state index in [0.717, 1.165) is 6.07 Å². The predicted molar refractivity (Wildman–Crippen MR) is 77.8 cm³/mol. The van der Waals surface area contributed by atoms with E-state index >= 15 is 0 Å². The lowest BCUT2D eigenvalue weighted by Crippen LogP contribution is -2.39. The molecule has 0 radical (unpaired) electrons. The number of nitrogens with zero attached hydrogens (tertiary/aromatic N) is 1. The predicted octanol–water partition coefficient (Wildman–Crippen LogP) is 1.46. The molecule has 0 bridgehead atoms. The Balaban J connectivity index is 2.90. The summed E-state index contributed by atoms with van der Waals surface area (Å²) >= 11 is 0. The molecular weight excluding hydrogens is 275 g/mol. The van der Waals surface area contributed by atoms with Crippen molar-refractivity contribution in [3.8, 4) is 5.75 Å². The highest BCUT2D eigenvalue weighted by Crippen LogP contribution is 2.20. The summed E-state index contributed by atoms with van der Waals surface area (Å²) in [5.41, 5.74) is 5.35. The first kappa shape index (κ1) is 17.1. The van der Waals surface area contributed by atoms with E-state index in [0.29, 0.717) is 12.3 Å². The molecule has 116 valence electrons. The molecule has 0 atom stereocenters. The van der Waals surface area contributed by atoms with Crippen LogP contribution in [0.2, 0.25) is 0 Å². The highest BCUT2D eigenvalue weighted by Gasteiger charge is 2.19. The average Bonchev–Trinajstić information content (AvgIpc) is 2.36. The van der Waals surface area contributed by atoms with E-state index in [2.05, 4.69) is 0 Å². The molecule has 1 amide bonds. The number of benzene rings is 1. The number of methoxy groups -OCH3 is 1. The van der Waals surface area contributed by atoms with Gasteiger partial charge in [-0.05, 0) is 24.1 Å². The zero-order chi connectivity index (χ0) is 16.0. The Morgan fingerprint density at radius 3 is 2.52 bits per heavy atom. The smallest absolute Gasteiger partial charge is 0.231 e. The highest BCUT2D eigenvalue weighted by atomic mass is 19.1. The second kappa shape index (κ2) is 7.73. The number of ether oxygens (including phenoxy) is 1. The fourth-order valence-electron chi connectivity index (χ4n) is 2.11. The van der Waals surface area contributed by atoms with Gasteiger partial charge in [0.25, 0.3) is 0 Å². The third-order valence-corrected chi connectivity index (χ3v) is 2.83. The standard InChI is InChI=1S/C15H21FN2O3/c1-10(2)7-18(9-15(17)20)8-13(19)12-6-11(16)4-5-14(12)21-3/h4-6,10H,7-9H2,1-3H3,(H2,17,20). The molecule has 0 aliphatic carbocycles. The minimum atomic E-state index is -0.510. The van der Waals surface area contributed by atoms with Crippen LogP contribution in [0.15, 0.2) is 18.2 Å². The van der Waals surface area contributed by atoms with E-state index < -0.39 is 11.7 Å². The lowest BCUT2D eigenvalue weighted by atomic mass is 10.1. The summed E-state index contributed by atoms with van der Waals surface area (Å²) in [4.78, 5) is 25.0. The molecule has 21 heavy (non-hydrogen) atoms. The first-order valence-electron chi connectivity index (χ1n) is 6.71. The quantitative estimate of drug-likeness (QED) is 0.737. The third kappa shape index (κ3) is 5.51. The maximum atomic E-state index is 13.3. The number of carbonyl (C=O) groups excluding carboxylic acids is 2. The molecule has 0 aliphatic heterocycles. The summed E-state index contributed by atoms with van der Waals surface area (Å²) in [6.45, 7) is 4.47. The van der Waals surface area contributed by atoms with E-state index in [-0.39, 0.29) is 30.4 Å². The van der Waals surface area contributed by atoms with Crippen LogP contribution in [-0.2, 0) is 4.79 Å². The molecule has 0 saturated heterocycles. The molecule has 0 spiro atoms. The molecule has 0 aromatic heterocycles. The number of halogens is 1. The number of carbonyl (C=O) groups is 2. The van der Waals surface area contributed by atoms with Crippen molar-refractivity contribution in [3.05, 3.63) is 29.6 Å². The zero-order valence-electron chi connectivity index (χ0n) is 12.6. The first-order chi connectivity index (χ1) is 9.83. The third-order valence-electron chi connectivity index (χ3n) is 2.83. The van der Waals surface area contributed by atoms with Gasteiger partial charge in [-0.2, -0.15) is 0 Å². The van der Waals surface area contributed by atoms with Gasteiger partial charge in [0.1, 0.15) is 11.6 Å². The van der Waals surface area contributed by atoms with Crippen molar-refractivity contribution in [2.45, 2.75) is 13.8 Å². The number of Topliss-reactive ketones (excluding diaryl/α,β-unsaturated/α-hetero) is 1. The Hall–Kier alpha value is -1.95. The average molecular weight is 296 g/mol. The van der Waals surface area contributed by atoms with Gasteiger partial charge in [-0.25, -0.2) is 4.39 Å². The lowest BCUT2D eigenvalue weighted by molar-refractivity contribution is -0.119. The largest absolute Gasteiger partial charge is 0.496 e. The summed E-state index contributed by atoms with van der Waals surface area (Å²) < 4.78 is 18.4. The molecule has 1 aromatic rings. The van der Waals surface area contributed by atoms with Gasteiger partial charge in [0, 0.05) is 6.54 Å². The number of amides is 1. The highest BCUT2D eigenvalue weighted by molar-refractivity contribution is 6.00. The van der Waals surface area contributed by atoms with Gasteiger partial charge in [0.2, 0.25) is 5.91 Å². The minimum absolute atomic E-state index is 0.0124. The Labute approximate surface area is 123 Å². The number of ketones is 1. The van der Waals surface area contributed by atoms with E-state index in [1.165, 1.54) is 19.2 Å². The van der Waals surface area contributed by atoms with Crippen molar-refractivity contribution in [2.24, 2.45) is 11.7 Å². The molecule has 1 aromatic carbocycles. The molecule has 6 heteroatoms. The monoisotopic (exact) mass is 296 g/mol. The molecule has 0 aliphatic rings. The molecule has 1 rings (SSSR count). The van der Waals surface area contributed by atoms with Gasteiger partial charge in [-0.1, -0.05) is 13.8 Å². The van der Waals surface area contributed by atoms with Crippen molar-refractivity contribution in [3.63, 3.8) is 0 Å². The van der Waals surface area contributed by atoms with Crippen molar-refractivity contribution in [1.82, 2.24) is 4.90 Å². The van der Waals surface area contributed by atoms with Crippen molar-refractivity contribution >= 4 is 11.7 Å². The van der Waals surface area contributed by atoms with E-state index in [4.69, 9.17) is 10.5 Å². The Kier molecular flexibility index (Phi) is 6.30. The number of rotatable bonds is 8. The van der Waals surface area contributed by atoms with Crippen LogP contribution >= 0.6 is 0 Å². The van der Waals surface area contributed by atoms with Crippen molar-refractivity contribution < 1.29 is 18.7 Å². The van der Waals surface area contributed by atoms with Gasteiger partial charge in [-0.3, -0.25) is 14.5 Å². The summed E-state index contributed by atoms with van der Waals surface area (Å²) in [6.07, 6.45) is 0. The topological polar surface area (TPSA) is 72.6 Å². The molecule has 0 heterocycles. The summed E-state index contributed by atoms with van der Waals surface area (Å²) in [7, 11) is 1.42. The SMILES string of the molecule is COc1ccc(F)cc1C(=O)CN(CC(N)=O)CC(C)C. The molecular formula is C15H21FN2O3. The minimum Gasteiger partial charge on any atom is -0.496 e. The summed E-state index contributed by atoms with van der Waals surface area (Å²) in [5, 5.41) is 0. The molecule has 2 N–H and O–H groups in total. The summed E-state index contributed by atoms with van der Waals surface area (Å²) in [5.74, 6) is -0.746. The van der Waals surface area contributed by atoms with Gasteiger partial charge in [-0.15, -0.1) is 0 Å². The van der Waals surface area contributed by atoms with Gasteiger partial charge in [0.05, 0.1) is 25.8 Å². The number of primary amides is 1. The van der Waals surface area contributed by atoms with Crippen LogP contribution < -0.4 is 10.5 Å². The second-order valence-electron chi connectivity index (χ2n) is 5.30. The lowest BCUT2D eigenvalue weighted by Gasteiger charge is -2.22. The Morgan fingerprint density at radius 2 is 2.00 bits per heavy atom. The maximum Gasteiger partial charge on any atom is 0.231 e. The number of hydrogen-bond acceptors (Lipinski definition) is 4. The van der Waals surface area contributed by atoms with Crippen LogP contribution in [0.5, 0.6) is 5.75 Å². The van der Waals surface area contributed by atoms with Crippen LogP contribution in [0.25, 0.3) is 0 Å². The maximum absolute atomic E-state index is 13.3. The van der Waals surface area contributed by atoms with Gasteiger partial charge < -0.3 is 10.5 Å². The van der Waals surface area contributed by atoms with Gasteiger partial charge in [0.15, 0.2) is 5.78 Å². The number of hydrogen-bond donors (Lipinski definition) is 1. The van der Waals surface area contributed by atoms with Crippen molar-refractivity contribution in [2.75, 3.05) is 26.7 Å². The van der Waals surface area contributed by atoms with Crippen LogP contribution in [0, 0.1) is 11.7 Å². The molecule has 0 fully saturated rings. The fraction of sp³-hybridized carbons (Fsp3) is 0.467. The molecule has 5 nitrogen and oxygen atoms in total. The second-order valence-corrected chi connectivity index (χ2v) is 5.30. The summed E-state index contributed by atoms with van der Waals surface area (Å²) in [6, 6.07) is 3.77. The zero-order valence-corrected chi connectivity index (χ0v) is 12.6. The normalized spacial score (nSPS) is 11.0. The molecule has 0 saturated carbocycles. The Bertz CT molecular complexity index is 518. The first-order valence-corrected chi connectivity index (χ1v) is 6.71. The van der Waals surface area contributed by atoms with E-state index in [9.17, 15) is 14.0 Å². The molecule has 0 unspecified atom stereocenters. The number of nitrogens with two attached hydrogens (primary N) is 1. The van der Waals surface area contributed by atoms with Gasteiger partial charge >= 0.3 is 0 Å². The van der Waals surface area contributed by atoms with Crippen LogP contribution in [0.3, 0.4) is 0 Å². The van der Waals surface area contributed by atoms with E-state index in [1.807, 2.05) is 13.8 Å². The van der Waals surface area contributed by atoms with E-state index in [1.54, 1.807) is 4.90 Å².